The van der Waals surface area contributed by atoms with Crippen LogP contribution >= 0.6 is 23.8 Å². The molecule has 2 aromatic rings. The fraction of sp³-hybridized carbons (Fsp3) is 0. The van der Waals surface area contributed by atoms with Crippen molar-refractivity contribution in [2.45, 2.75) is 0 Å². The lowest BCUT2D eigenvalue weighted by molar-refractivity contribution is -0.384. The van der Waals surface area contributed by atoms with Gasteiger partial charge >= 0.3 is 0 Å². The lowest BCUT2D eigenvalue weighted by Crippen LogP contribution is -2.19. The first-order valence-electron chi connectivity index (χ1n) is 5.84. The first-order valence-corrected chi connectivity index (χ1v) is 6.62. The lowest BCUT2D eigenvalue weighted by atomic mass is 10.2. The molecule has 2 N–H and O–H groups in total. The number of hydrogen-bond donors (Lipinski definition) is 2. The van der Waals surface area contributed by atoms with Gasteiger partial charge in [0, 0.05) is 17.8 Å². The standard InChI is InChI=1S/C13H8ClF2N3O2S/c14-9-5-7(1-3-10(9)15)17-13(22)18-12-6-8(19(20)21)2-4-11(12)16/h1-6H,(H2,17,18,22). The number of nitrogens with one attached hydrogen (secondary N) is 2. The second-order valence-electron chi connectivity index (χ2n) is 4.13. The molecule has 0 fully saturated rings. The van der Waals surface area contributed by atoms with E-state index in [2.05, 4.69) is 10.6 Å². The van der Waals surface area contributed by atoms with Gasteiger partial charge in [-0.2, -0.15) is 0 Å². The van der Waals surface area contributed by atoms with Crippen LogP contribution in [0.5, 0.6) is 0 Å². The molecule has 0 aliphatic carbocycles. The van der Waals surface area contributed by atoms with Gasteiger partial charge in [0.15, 0.2) is 5.11 Å². The lowest BCUT2D eigenvalue weighted by Gasteiger charge is -2.11. The zero-order valence-electron chi connectivity index (χ0n) is 10.8. The Morgan fingerprint density at radius 1 is 1.14 bits per heavy atom. The molecule has 114 valence electrons. The average molecular weight is 344 g/mol. The third-order valence-corrected chi connectivity index (χ3v) is 3.08. The Morgan fingerprint density at radius 3 is 2.45 bits per heavy atom. The molecule has 5 nitrogen and oxygen atoms in total. The summed E-state index contributed by atoms with van der Waals surface area (Å²) in [5.74, 6) is -1.29. The van der Waals surface area contributed by atoms with Crippen molar-refractivity contribution in [1.29, 1.82) is 0 Å². The number of anilines is 2. The number of halogens is 3. The quantitative estimate of drug-likeness (QED) is 0.493. The highest BCUT2D eigenvalue weighted by molar-refractivity contribution is 7.80. The number of hydrogen-bond acceptors (Lipinski definition) is 3. The van der Waals surface area contributed by atoms with Gasteiger partial charge in [-0.05, 0) is 36.5 Å². The predicted molar refractivity (Wildman–Crippen MR) is 84.3 cm³/mol. The van der Waals surface area contributed by atoms with Crippen LogP contribution in [0.2, 0.25) is 5.02 Å². The summed E-state index contributed by atoms with van der Waals surface area (Å²) in [7, 11) is 0. The number of nitro benzene ring substituents is 1. The smallest absolute Gasteiger partial charge is 0.271 e. The van der Waals surface area contributed by atoms with Gasteiger partial charge in [0.2, 0.25) is 0 Å². The fourth-order valence-electron chi connectivity index (χ4n) is 1.58. The summed E-state index contributed by atoms with van der Waals surface area (Å²) < 4.78 is 26.6. The minimum atomic E-state index is -0.702. The van der Waals surface area contributed by atoms with Crippen LogP contribution in [0.25, 0.3) is 0 Å². The minimum Gasteiger partial charge on any atom is -0.332 e. The van der Waals surface area contributed by atoms with E-state index in [-0.39, 0.29) is 21.5 Å². The molecule has 0 saturated carbocycles. The van der Waals surface area contributed by atoms with E-state index in [4.69, 9.17) is 23.8 Å². The van der Waals surface area contributed by atoms with Crippen LogP contribution < -0.4 is 10.6 Å². The summed E-state index contributed by atoms with van der Waals surface area (Å²) in [5.41, 5.74) is -0.0498. The fourth-order valence-corrected chi connectivity index (χ4v) is 1.99. The third kappa shape index (κ3) is 3.86. The maximum atomic E-state index is 13.6. The van der Waals surface area contributed by atoms with Crippen molar-refractivity contribution in [2.24, 2.45) is 0 Å². The van der Waals surface area contributed by atoms with Crippen LogP contribution in [0.1, 0.15) is 0 Å². The van der Waals surface area contributed by atoms with Crippen molar-refractivity contribution in [1.82, 2.24) is 0 Å². The van der Waals surface area contributed by atoms with Crippen LogP contribution in [0.15, 0.2) is 36.4 Å². The van der Waals surface area contributed by atoms with Crippen LogP contribution in [0, 0.1) is 21.7 Å². The molecule has 0 heterocycles. The van der Waals surface area contributed by atoms with Crippen LogP contribution in [-0.2, 0) is 0 Å². The number of nitro groups is 1. The highest BCUT2D eigenvalue weighted by Gasteiger charge is 2.12. The summed E-state index contributed by atoms with van der Waals surface area (Å²) in [5, 5.41) is 15.7. The molecule has 0 amide bonds. The molecule has 0 aliphatic heterocycles. The number of benzene rings is 2. The Kier molecular flexibility index (Phi) is 4.84. The molecule has 0 radical (unpaired) electrons. The van der Waals surface area contributed by atoms with Gasteiger partial charge in [0.25, 0.3) is 5.69 Å². The van der Waals surface area contributed by atoms with Crippen LogP contribution in [-0.4, -0.2) is 10.0 Å². The summed E-state index contributed by atoms with van der Waals surface area (Å²) in [4.78, 5) is 10.0. The number of thiocarbonyl (C=S) groups is 1. The number of non-ortho nitro benzene ring substituents is 1. The minimum absolute atomic E-state index is 0.0259. The van der Waals surface area contributed by atoms with Crippen molar-refractivity contribution >= 4 is 46.0 Å². The molecule has 0 aliphatic rings. The monoisotopic (exact) mass is 343 g/mol. The highest BCUT2D eigenvalue weighted by atomic mass is 35.5. The van der Waals surface area contributed by atoms with Crippen LogP contribution in [0.3, 0.4) is 0 Å². The van der Waals surface area contributed by atoms with Gasteiger partial charge in [-0.25, -0.2) is 8.78 Å². The summed E-state index contributed by atoms with van der Waals surface area (Å²) in [6.45, 7) is 0. The van der Waals surface area contributed by atoms with Crippen molar-refractivity contribution in [2.75, 3.05) is 10.6 Å². The average Bonchev–Trinajstić information content (AvgIpc) is 2.45. The molecule has 0 spiro atoms. The highest BCUT2D eigenvalue weighted by Crippen LogP contribution is 2.22. The van der Waals surface area contributed by atoms with E-state index in [0.717, 1.165) is 24.3 Å². The zero-order valence-corrected chi connectivity index (χ0v) is 12.3. The van der Waals surface area contributed by atoms with E-state index in [1.54, 1.807) is 0 Å². The second kappa shape index (κ2) is 6.63. The van der Waals surface area contributed by atoms with E-state index in [1.807, 2.05) is 0 Å². The molecule has 0 bridgehead atoms. The molecule has 22 heavy (non-hydrogen) atoms. The normalized spacial score (nSPS) is 10.1. The molecular weight excluding hydrogens is 336 g/mol. The molecule has 0 saturated heterocycles. The Bertz CT molecular complexity index is 758. The Hall–Kier alpha value is -2.32. The molecule has 0 unspecified atom stereocenters. The number of rotatable bonds is 3. The maximum absolute atomic E-state index is 13.6. The van der Waals surface area contributed by atoms with Gasteiger partial charge < -0.3 is 10.6 Å². The van der Waals surface area contributed by atoms with Gasteiger partial charge in [-0.1, -0.05) is 11.6 Å². The molecule has 2 rings (SSSR count). The number of nitrogens with zero attached hydrogens (tertiary/aromatic N) is 1. The topological polar surface area (TPSA) is 67.2 Å². The summed E-state index contributed by atoms with van der Waals surface area (Å²) in [6.07, 6.45) is 0. The van der Waals surface area contributed by atoms with Gasteiger partial charge in [-0.15, -0.1) is 0 Å². The Morgan fingerprint density at radius 2 is 1.82 bits per heavy atom. The van der Waals surface area contributed by atoms with Crippen LogP contribution in [0.4, 0.5) is 25.8 Å². The maximum Gasteiger partial charge on any atom is 0.271 e. The predicted octanol–water partition coefficient (Wildman–Crippen LogP) is 4.34. The Labute approximate surface area is 134 Å². The van der Waals surface area contributed by atoms with Gasteiger partial charge in [-0.3, -0.25) is 10.1 Å². The molecular formula is C13H8ClF2N3O2S. The Balaban J connectivity index is 2.13. The van der Waals surface area contributed by atoms with E-state index in [9.17, 15) is 18.9 Å². The van der Waals surface area contributed by atoms with E-state index in [1.165, 1.54) is 12.1 Å². The molecule has 9 heteroatoms. The van der Waals surface area contributed by atoms with Crippen molar-refractivity contribution < 1.29 is 13.7 Å². The third-order valence-electron chi connectivity index (χ3n) is 2.59. The van der Waals surface area contributed by atoms with E-state index < -0.39 is 16.6 Å². The van der Waals surface area contributed by atoms with E-state index in [0.29, 0.717) is 5.69 Å². The molecule has 2 aromatic carbocycles. The first kappa shape index (κ1) is 16.1. The summed E-state index contributed by atoms with van der Waals surface area (Å²) >= 11 is 10.6. The van der Waals surface area contributed by atoms with Crippen molar-refractivity contribution in [3.63, 3.8) is 0 Å². The summed E-state index contributed by atoms with van der Waals surface area (Å²) in [6, 6.07) is 6.84. The molecule has 0 aromatic heterocycles. The largest absolute Gasteiger partial charge is 0.332 e. The second-order valence-corrected chi connectivity index (χ2v) is 4.94. The zero-order chi connectivity index (χ0) is 16.3. The first-order chi connectivity index (χ1) is 10.4. The van der Waals surface area contributed by atoms with Crippen molar-refractivity contribution in [3.05, 3.63) is 63.2 Å². The van der Waals surface area contributed by atoms with Gasteiger partial charge in [0.1, 0.15) is 11.6 Å². The van der Waals surface area contributed by atoms with Crippen molar-refractivity contribution in [3.8, 4) is 0 Å². The SMILES string of the molecule is O=[N+]([O-])c1ccc(F)c(NC(=S)Nc2ccc(F)c(Cl)c2)c1. The van der Waals surface area contributed by atoms with E-state index >= 15 is 0 Å². The molecule has 0 atom stereocenters. The van der Waals surface area contributed by atoms with Gasteiger partial charge in [0.05, 0.1) is 15.6 Å².